The fourth-order valence-electron chi connectivity index (χ4n) is 3.64. The van der Waals surface area contributed by atoms with Crippen LogP contribution in [0.3, 0.4) is 0 Å². The average molecular weight is 369 g/mol. The Morgan fingerprint density at radius 2 is 1.92 bits per heavy atom. The predicted molar refractivity (Wildman–Crippen MR) is 102 cm³/mol. The van der Waals surface area contributed by atoms with Crippen molar-refractivity contribution < 1.29 is 9.90 Å². The zero-order chi connectivity index (χ0) is 18.6. The highest BCUT2D eigenvalue weighted by Crippen LogP contribution is 2.37. The van der Waals surface area contributed by atoms with Gasteiger partial charge in [-0.05, 0) is 42.5 Å². The van der Waals surface area contributed by atoms with Crippen LogP contribution in [-0.4, -0.2) is 16.6 Å². The van der Waals surface area contributed by atoms with Crippen molar-refractivity contribution in [3.8, 4) is 6.07 Å². The molecule has 1 fully saturated rings. The summed E-state index contributed by atoms with van der Waals surface area (Å²) in [6, 6.07) is 16.3. The van der Waals surface area contributed by atoms with E-state index >= 15 is 0 Å². The van der Waals surface area contributed by atoms with E-state index in [0.717, 1.165) is 31.2 Å². The van der Waals surface area contributed by atoms with E-state index in [1.54, 1.807) is 12.1 Å². The molecule has 3 rings (SSSR count). The van der Waals surface area contributed by atoms with Gasteiger partial charge in [0.25, 0.3) is 5.91 Å². The summed E-state index contributed by atoms with van der Waals surface area (Å²) in [5.41, 5.74) is 0.275. The topological polar surface area (TPSA) is 73.1 Å². The molecular formula is C21H21ClN2O2. The average Bonchev–Trinajstić information content (AvgIpc) is 3.18. The normalized spacial score (nSPS) is 16.7. The Balaban J connectivity index is 1.85. The van der Waals surface area contributed by atoms with Gasteiger partial charge in [0.05, 0.1) is 10.6 Å². The van der Waals surface area contributed by atoms with E-state index in [4.69, 9.17) is 16.9 Å². The third-order valence-electron chi connectivity index (χ3n) is 5.09. The summed E-state index contributed by atoms with van der Waals surface area (Å²) in [7, 11) is 0. The number of rotatable bonds is 5. The van der Waals surface area contributed by atoms with Gasteiger partial charge in [0, 0.05) is 12.1 Å². The molecule has 1 aliphatic carbocycles. The van der Waals surface area contributed by atoms with Crippen LogP contribution in [0.25, 0.3) is 0 Å². The summed E-state index contributed by atoms with van der Waals surface area (Å²) in [6.45, 7) is 0. The molecule has 2 aromatic carbocycles. The summed E-state index contributed by atoms with van der Waals surface area (Å²) in [5, 5.41) is 23.4. The fourth-order valence-corrected chi connectivity index (χ4v) is 3.87. The van der Waals surface area contributed by atoms with Gasteiger partial charge in [0.1, 0.15) is 11.7 Å². The van der Waals surface area contributed by atoms with Gasteiger partial charge in [-0.15, -0.1) is 0 Å². The Labute approximate surface area is 158 Å². The molecule has 1 atom stereocenters. The van der Waals surface area contributed by atoms with E-state index in [1.165, 1.54) is 6.07 Å². The van der Waals surface area contributed by atoms with Gasteiger partial charge in [-0.1, -0.05) is 54.8 Å². The van der Waals surface area contributed by atoms with Crippen molar-refractivity contribution in [2.45, 2.75) is 37.7 Å². The summed E-state index contributed by atoms with van der Waals surface area (Å²) < 4.78 is 0. The number of nitrogens with zero attached hydrogens (tertiary/aromatic N) is 1. The lowest BCUT2D eigenvalue weighted by Gasteiger charge is -2.33. The molecule has 1 amide bonds. The van der Waals surface area contributed by atoms with Crippen LogP contribution in [0, 0.1) is 17.2 Å². The van der Waals surface area contributed by atoms with E-state index in [-0.39, 0.29) is 17.4 Å². The maximum Gasteiger partial charge on any atom is 0.256 e. The quantitative estimate of drug-likeness (QED) is 0.825. The molecule has 0 aliphatic heterocycles. The Morgan fingerprint density at radius 1 is 1.23 bits per heavy atom. The minimum Gasteiger partial charge on any atom is -0.379 e. The van der Waals surface area contributed by atoms with E-state index in [9.17, 15) is 9.90 Å². The molecule has 1 aliphatic rings. The van der Waals surface area contributed by atoms with Gasteiger partial charge < -0.3 is 10.4 Å². The molecule has 26 heavy (non-hydrogen) atoms. The number of halogens is 1. The molecule has 4 nitrogen and oxygen atoms in total. The van der Waals surface area contributed by atoms with E-state index in [0.29, 0.717) is 11.3 Å². The maximum absolute atomic E-state index is 13.0. The van der Waals surface area contributed by atoms with Crippen molar-refractivity contribution in [3.63, 3.8) is 0 Å². The van der Waals surface area contributed by atoms with Crippen molar-refractivity contribution in [2.75, 3.05) is 5.32 Å². The first kappa shape index (κ1) is 18.4. The predicted octanol–water partition coefficient (Wildman–Crippen LogP) is 4.31. The lowest BCUT2D eigenvalue weighted by Crippen LogP contribution is -2.50. The highest BCUT2D eigenvalue weighted by atomic mass is 35.5. The lowest BCUT2D eigenvalue weighted by molar-refractivity contribution is -0.139. The number of nitriles is 1. The van der Waals surface area contributed by atoms with E-state index in [2.05, 4.69) is 5.32 Å². The van der Waals surface area contributed by atoms with Gasteiger partial charge in [-0.25, -0.2) is 0 Å². The van der Waals surface area contributed by atoms with Crippen LogP contribution in [0.5, 0.6) is 0 Å². The van der Waals surface area contributed by atoms with E-state index < -0.39 is 11.5 Å². The van der Waals surface area contributed by atoms with Crippen LogP contribution in [0.2, 0.25) is 5.02 Å². The number of hydrogen-bond donors (Lipinski definition) is 2. The Morgan fingerprint density at radius 3 is 2.54 bits per heavy atom. The number of carbonyl (C=O) groups excluding carboxylic acids is 1. The molecule has 0 aromatic heterocycles. The standard InChI is InChI=1S/C21H21ClN2O2/c22-19-12-18(11-10-16(19)14-23)24-20(25)21(26,17-8-4-5-9-17)13-15-6-2-1-3-7-15/h1-3,6-7,10-12,17,26H,4-5,8-9,13H2,(H,24,25). The first-order chi connectivity index (χ1) is 12.5. The molecule has 0 heterocycles. The first-order valence-electron chi connectivity index (χ1n) is 8.80. The van der Waals surface area contributed by atoms with Gasteiger partial charge >= 0.3 is 0 Å². The first-order valence-corrected chi connectivity index (χ1v) is 9.18. The highest BCUT2D eigenvalue weighted by molar-refractivity contribution is 6.32. The largest absolute Gasteiger partial charge is 0.379 e. The summed E-state index contributed by atoms with van der Waals surface area (Å²) in [4.78, 5) is 13.0. The molecule has 0 spiro atoms. The number of anilines is 1. The van der Waals surface area contributed by atoms with Crippen LogP contribution >= 0.6 is 11.6 Å². The second-order valence-electron chi connectivity index (χ2n) is 6.83. The molecular weight excluding hydrogens is 348 g/mol. The smallest absolute Gasteiger partial charge is 0.256 e. The van der Waals surface area contributed by atoms with E-state index in [1.807, 2.05) is 36.4 Å². The van der Waals surface area contributed by atoms with Crippen molar-refractivity contribution >= 4 is 23.2 Å². The summed E-state index contributed by atoms with van der Waals surface area (Å²) in [6.07, 6.45) is 4.00. The Kier molecular flexibility index (Phi) is 5.61. The highest BCUT2D eigenvalue weighted by Gasteiger charge is 2.44. The SMILES string of the molecule is N#Cc1ccc(NC(=O)C(O)(Cc2ccccc2)C2CCCC2)cc1Cl. The van der Waals surface area contributed by atoms with Crippen LogP contribution in [0.15, 0.2) is 48.5 Å². The monoisotopic (exact) mass is 368 g/mol. The third kappa shape index (κ3) is 3.90. The third-order valence-corrected chi connectivity index (χ3v) is 5.40. The summed E-state index contributed by atoms with van der Waals surface area (Å²) in [5.74, 6) is -0.495. The Hall–Kier alpha value is -2.35. The molecule has 0 radical (unpaired) electrons. The van der Waals surface area contributed by atoms with Crippen molar-refractivity contribution in [3.05, 3.63) is 64.7 Å². The number of carbonyl (C=O) groups is 1. The second kappa shape index (κ2) is 7.90. The van der Waals surface area contributed by atoms with Gasteiger partial charge in [0.15, 0.2) is 0 Å². The second-order valence-corrected chi connectivity index (χ2v) is 7.24. The van der Waals surface area contributed by atoms with Gasteiger partial charge in [0.2, 0.25) is 0 Å². The zero-order valence-electron chi connectivity index (χ0n) is 14.4. The molecule has 2 N–H and O–H groups in total. The molecule has 2 aromatic rings. The van der Waals surface area contributed by atoms with Crippen molar-refractivity contribution in [1.29, 1.82) is 5.26 Å². The molecule has 134 valence electrons. The van der Waals surface area contributed by atoms with Gasteiger partial charge in [-0.3, -0.25) is 4.79 Å². The minimum absolute atomic E-state index is 0.0726. The van der Waals surface area contributed by atoms with Crippen LogP contribution in [0.4, 0.5) is 5.69 Å². The number of benzene rings is 2. The summed E-state index contributed by atoms with van der Waals surface area (Å²) >= 11 is 6.05. The minimum atomic E-state index is -1.47. The molecule has 0 bridgehead atoms. The maximum atomic E-state index is 13.0. The van der Waals surface area contributed by atoms with Crippen LogP contribution in [-0.2, 0) is 11.2 Å². The van der Waals surface area contributed by atoms with Crippen LogP contribution in [0.1, 0.15) is 36.8 Å². The van der Waals surface area contributed by atoms with Crippen molar-refractivity contribution in [2.24, 2.45) is 5.92 Å². The number of aliphatic hydroxyl groups is 1. The molecule has 1 saturated carbocycles. The van der Waals surface area contributed by atoms with Crippen LogP contribution < -0.4 is 5.32 Å². The number of nitrogens with one attached hydrogen (secondary N) is 1. The molecule has 0 saturated heterocycles. The molecule has 5 heteroatoms. The number of amides is 1. The Bertz CT molecular complexity index is 826. The zero-order valence-corrected chi connectivity index (χ0v) is 15.2. The van der Waals surface area contributed by atoms with Gasteiger partial charge in [-0.2, -0.15) is 5.26 Å². The van der Waals surface area contributed by atoms with Crippen molar-refractivity contribution in [1.82, 2.24) is 0 Å². The lowest BCUT2D eigenvalue weighted by atomic mass is 9.80. The number of hydrogen-bond acceptors (Lipinski definition) is 3. The molecule has 1 unspecified atom stereocenters. The fraction of sp³-hybridized carbons (Fsp3) is 0.333.